The van der Waals surface area contributed by atoms with E-state index in [2.05, 4.69) is 5.32 Å². The number of benzene rings is 2. The van der Waals surface area contributed by atoms with E-state index in [9.17, 15) is 14.9 Å². The van der Waals surface area contributed by atoms with Crippen molar-refractivity contribution in [1.82, 2.24) is 0 Å². The van der Waals surface area contributed by atoms with E-state index in [1.54, 1.807) is 12.1 Å². The number of anilines is 2. The second-order valence-electron chi connectivity index (χ2n) is 5.77. The molecule has 2 aromatic carbocycles. The minimum absolute atomic E-state index is 0.0144. The maximum absolute atomic E-state index is 12.1. The van der Waals surface area contributed by atoms with Crippen molar-refractivity contribution in [3.8, 4) is 0 Å². The van der Waals surface area contributed by atoms with Gasteiger partial charge in [0, 0.05) is 24.8 Å². The highest BCUT2D eigenvalue weighted by atomic mass is 16.6. The molecule has 7 nitrogen and oxygen atoms in total. The van der Waals surface area contributed by atoms with E-state index in [1.807, 2.05) is 35.2 Å². The fourth-order valence-electron chi connectivity index (χ4n) is 2.81. The first-order chi connectivity index (χ1) is 12.1. The van der Waals surface area contributed by atoms with E-state index in [4.69, 9.17) is 4.74 Å². The Morgan fingerprint density at radius 2 is 1.88 bits per heavy atom. The van der Waals surface area contributed by atoms with Gasteiger partial charge in [0.25, 0.3) is 5.69 Å². The third-order valence-electron chi connectivity index (χ3n) is 4.02. The lowest BCUT2D eigenvalue weighted by atomic mass is 10.1. The molecule has 1 saturated heterocycles. The number of hydrogen-bond donors (Lipinski definition) is 1. The zero-order chi connectivity index (χ0) is 17.6. The summed E-state index contributed by atoms with van der Waals surface area (Å²) in [4.78, 5) is 25.1. The number of carbonyl (C=O) groups excluding carboxylic acids is 1. The van der Waals surface area contributed by atoms with Crippen LogP contribution >= 0.6 is 0 Å². The van der Waals surface area contributed by atoms with E-state index in [1.165, 1.54) is 6.07 Å². The molecule has 1 aliphatic rings. The lowest BCUT2D eigenvalue weighted by Crippen LogP contribution is -2.36. The van der Waals surface area contributed by atoms with Crippen molar-refractivity contribution in [2.75, 3.05) is 36.5 Å². The molecule has 3 rings (SSSR count). The Labute approximate surface area is 145 Å². The fraction of sp³-hybridized carbons (Fsp3) is 0.278. The van der Waals surface area contributed by atoms with Crippen molar-refractivity contribution in [2.45, 2.75) is 6.42 Å². The molecule has 1 heterocycles. The summed E-state index contributed by atoms with van der Waals surface area (Å²) in [5.41, 5.74) is 1.85. The van der Waals surface area contributed by atoms with E-state index >= 15 is 0 Å². The smallest absolute Gasteiger partial charge is 0.294 e. The van der Waals surface area contributed by atoms with Crippen LogP contribution in [0.2, 0.25) is 0 Å². The Bertz CT molecular complexity index is 758. The summed E-state index contributed by atoms with van der Waals surface area (Å²) in [7, 11) is 0. The minimum Gasteiger partial charge on any atom is -0.378 e. The van der Waals surface area contributed by atoms with Crippen molar-refractivity contribution >= 4 is 23.0 Å². The van der Waals surface area contributed by atoms with Gasteiger partial charge in [-0.25, -0.2) is 0 Å². The van der Waals surface area contributed by atoms with Gasteiger partial charge in [-0.05, 0) is 17.7 Å². The Morgan fingerprint density at radius 3 is 2.56 bits per heavy atom. The molecule has 0 atom stereocenters. The number of hydrogen-bond acceptors (Lipinski definition) is 5. The molecule has 2 aromatic rings. The highest BCUT2D eigenvalue weighted by Crippen LogP contribution is 2.31. The van der Waals surface area contributed by atoms with Gasteiger partial charge in [-0.2, -0.15) is 0 Å². The molecule has 0 spiro atoms. The van der Waals surface area contributed by atoms with Crippen LogP contribution in [0.4, 0.5) is 17.1 Å². The average Bonchev–Trinajstić information content (AvgIpc) is 2.63. The predicted molar refractivity (Wildman–Crippen MR) is 94.9 cm³/mol. The van der Waals surface area contributed by atoms with E-state index in [-0.39, 0.29) is 18.0 Å². The first-order valence-electron chi connectivity index (χ1n) is 8.08. The van der Waals surface area contributed by atoms with Crippen molar-refractivity contribution in [2.24, 2.45) is 0 Å². The maximum atomic E-state index is 12.1. The van der Waals surface area contributed by atoms with E-state index in [0.717, 1.165) is 5.56 Å². The van der Waals surface area contributed by atoms with E-state index < -0.39 is 4.92 Å². The quantitative estimate of drug-likeness (QED) is 0.667. The van der Waals surface area contributed by atoms with Gasteiger partial charge in [-0.1, -0.05) is 30.3 Å². The van der Waals surface area contributed by atoms with Crippen LogP contribution in [0.5, 0.6) is 0 Å². The molecule has 1 amide bonds. The largest absolute Gasteiger partial charge is 0.378 e. The number of nitro groups is 1. The van der Waals surface area contributed by atoms with Gasteiger partial charge >= 0.3 is 0 Å². The van der Waals surface area contributed by atoms with Crippen LogP contribution < -0.4 is 10.2 Å². The van der Waals surface area contributed by atoms with Crippen molar-refractivity contribution < 1.29 is 14.5 Å². The number of nitro benzene ring substituents is 1. The monoisotopic (exact) mass is 341 g/mol. The lowest BCUT2D eigenvalue weighted by molar-refractivity contribution is -0.384. The van der Waals surface area contributed by atoms with Crippen molar-refractivity contribution in [1.29, 1.82) is 0 Å². The number of ether oxygens (including phenoxy) is 1. The van der Waals surface area contributed by atoms with E-state index in [0.29, 0.717) is 37.7 Å². The summed E-state index contributed by atoms with van der Waals surface area (Å²) in [5.74, 6) is -0.209. The Hall–Kier alpha value is -2.93. The molecule has 1 N–H and O–H groups in total. The van der Waals surface area contributed by atoms with Crippen LogP contribution in [0.3, 0.4) is 0 Å². The SMILES string of the molecule is O=C(Cc1ccccc1)Nc1ccc(N2CCOCC2)c([N+](=O)[O-])c1. The fourth-order valence-corrected chi connectivity index (χ4v) is 2.81. The second kappa shape index (κ2) is 7.76. The highest BCUT2D eigenvalue weighted by molar-refractivity contribution is 5.93. The number of morpholine rings is 1. The molecule has 1 fully saturated rings. The summed E-state index contributed by atoms with van der Waals surface area (Å²) >= 11 is 0. The normalized spacial score (nSPS) is 14.2. The molecule has 0 aromatic heterocycles. The molecule has 7 heteroatoms. The van der Waals surface area contributed by atoms with Crippen LogP contribution in [0, 0.1) is 10.1 Å². The first kappa shape index (κ1) is 16.9. The summed E-state index contributed by atoms with van der Waals surface area (Å²) in [6, 6.07) is 14.1. The molecular weight excluding hydrogens is 322 g/mol. The van der Waals surface area contributed by atoms with Gasteiger partial charge in [0.2, 0.25) is 5.91 Å². The van der Waals surface area contributed by atoms with Crippen LogP contribution in [0.1, 0.15) is 5.56 Å². The zero-order valence-electron chi connectivity index (χ0n) is 13.7. The number of rotatable bonds is 5. The van der Waals surface area contributed by atoms with Gasteiger partial charge < -0.3 is 15.0 Å². The Balaban J connectivity index is 1.74. The summed E-state index contributed by atoms with van der Waals surface area (Å²) in [5, 5.41) is 14.2. The van der Waals surface area contributed by atoms with Gasteiger partial charge in [-0.15, -0.1) is 0 Å². The lowest BCUT2D eigenvalue weighted by Gasteiger charge is -2.28. The van der Waals surface area contributed by atoms with Gasteiger partial charge in [0.05, 0.1) is 24.6 Å². The first-order valence-corrected chi connectivity index (χ1v) is 8.08. The van der Waals surface area contributed by atoms with Gasteiger partial charge in [0.1, 0.15) is 5.69 Å². The van der Waals surface area contributed by atoms with Crippen molar-refractivity contribution in [3.63, 3.8) is 0 Å². The molecular formula is C18H19N3O4. The van der Waals surface area contributed by atoms with Crippen LogP contribution in [0.25, 0.3) is 0 Å². The summed E-state index contributed by atoms with van der Waals surface area (Å²) in [6.07, 6.45) is 0.222. The third kappa shape index (κ3) is 4.33. The van der Waals surface area contributed by atoms with Gasteiger partial charge in [0.15, 0.2) is 0 Å². The van der Waals surface area contributed by atoms with Crippen LogP contribution in [0.15, 0.2) is 48.5 Å². The van der Waals surface area contributed by atoms with Gasteiger partial charge in [-0.3, -0.25) is 14.9 Å². The number of amides is 1. The Kier molecular flexibility index (Phi) is 5.25. The number of nitrogens with one attached hydrogen (secondary N) is 1. The molecule has 0 saturated carbocycles. The van der Waals surface area contributed by atoms with Crippen LogP contribution in [-0.4, -0.2) is 37.1 Å². The summed E-state index contributed by atoms with van der Waals surface area (Å²) < 4.78 is 5.29. The maximum Gasteiger partial charge on any atom is 0.294 e. The van der Waals surface area contributed by atoms with Crippen LogP contribution in [-0.2, 0) is 16.0 Å². The molecule has 0 aliphatic carbocycles. The number of carbonyl (C=O) groups is 1. The molecule has 130 valence electrons. The third-order valence-corrected chi connectivity index (χ3v) is 4.02. The molecule has 0 radical (unpaired) electrons. The molecule has 0 unspecified atom stereocenters. The Morgan fingerprint density at radius 1 is 1.16 bits per heavy atom. The minimum atomic E-state index is -0.419. The zero-order valence-corrected chi connectivity index (χ0v) is 13.7. The average molecular weight is 341 g/mol. The second-order valence-corrected chi connectivity index (χ2v) is 5.77. The molecule has 0 bridgehead atoms. The predicted octanol–water partition coefficient (Wildman–Crippen LogP) is 2.61. The summed E-state index contributed by atoms with van der Waals surface area (Å²) in [6.45, 7) is 2.32. The standard InChI is InChI=1S/C18H19N3O4/c22-18(12-14-4-2-1-3-5-14)19-15-6-7-16(17(13-15)21(23)24)20-8-10-25-11-9-20/h1-7,13H,8-12H2,(H,19,22). The molecule has 25 heavy (non-hydrogen) atoms. The highest BCUT2D eigenvalue weighted by Gasteiger charge is 2.22. The molecule has 1 aliphatic heterocycles. The topological polar surface area (TPSA) is 84.7 Å². The number of nitrogens with zero attached hydrogens (tertiary/aromatic N) is 2. The van der Waals surface area contributed by atoms with Crippen molar-refractivity contribution in [3.05, 3.63) is 64.2 Å².